The van der Waals surface area contributed by atoms with E-state index in [2.05, 4.69) is 15.3 Å². The number of aromatic nitrogens is 2. The Balaban J connectivity index is 1.72. The summed E-state index contributed by atoms with van der Waals surface area (Å²) in [4.78, 5) is 31.5. The number of carbonyl (C=O) groups is 2. The minimum absolute atomic E-state index is 0.194. The molecule has 0 aliphatic heterocycles. The maximum atomic E-state index is 12.5. The van der Waals surface area contributed by atoms with Crippen molar-refractivity contribution >= 4 is 34.9 Å². The van der Waals surface area contributed by atoms with Gasteiger partial charge in [-0.15, -0.1) is 0 Å². The van der Waals surface area contributed by atoms with Gasteiger partial charge in [0.15, 0.2) is 5.78 Å². The summed E-state index contributed by atoms with van der Waals surface area (Å²) in [5, 5.41) is 3.27. The van der Waals surface area contributed by atoms with Crippen LogP contribution in [-0.4, -0.2) is 21.7 Å². The third kappa shape index (κ3) is 3.90. The fourth-order valence-electron chi connectivity index (χ4n) is 2.27. The number of rotatable bonds is 5. The number of aromatic amines is 1. The van der Waals surface area contributed by atoms with Gasteiger partial charge in [-0.2, -0.15) is 0 Å². The van der Waals surface area contributed by atoms with Crippen LogP contribution in [0.5, 0.6) is 0 Å². The molecule has 0 aliphatic carbocycles. The molecule has 3 aromatic rings. The van der Waals surface area contributed by atoms with Gasteiger partial charge in [-0.25, -0.2) is 0 Å². The molecule has 0 unspecified atom stereocenters. The molecular weight excluding hydrogens is 361 g/mol. The van der Waals surface area contributed by atoms with Gasteiger partial charge in [0, 0.05) is 36.3 Å². The van der Waals surface area contributed by atoms with Gasteiger partial charge in [-0.1, -0.05) is 29.3 Å². The van der Waals surface area contributed by atoms with Crippen LogP contribution in [0.3, 0.4) is 0 Å². The Morgan fingerprint density at radius 3 is 2.64 bits per heavy atom. The van der Waals surface area contributed by atoms with Crippen LogP contribution < -0.4 is 5.32 Å². The van der Waals surface area contributed by atoms with E-state index >= 15 is 0 Å². The molecule has 0 bridgehead atoms. The lowest BCUT2D eigenvalue weighted by Crippen LogP contribution is -2.23. The van der Waals surface area contributed by atoms with Gasteiger partial charge in [-0.05, 0) is 35.9 Å². The fraction of sp³-hybridized carbons (Fsp3) is 0.0556. The molecule has 5 nitrogen and oxygen atoms in total. The summed E-state index contributed by atoms with van der Waals surface area (Å²) in [6, 6.07) is 9.95. The molecule has 1 amide bonds. The van der Waals surface area contributed by atoms with E-state index in [4.69, 9.17) is 23.2 Å². The lowest BCUT2D eigenvalue weighted by atomic mass is 10.1. The number of hydrogen-bond acceptors (Lipinski definition) is 3. The summed E-state index contributed by atoms with van der Waals surface area (Å²) in [6.45, 7) is 0.365. The zero-order valence-electron chi connectivity index (χ0n) is 12.9. The smallest absolute Gasteiger partial charge is 0.267 e. The van der Waals surface area contributed by atoms with Crippen molar-refractivity contribution in [1.29, 1.82) is 0 Å². The molecule has 0 saturated carbocycles. The number of halogens is 2. The van der Waals surface area contributed by atoms with Crippen LogP contribution >= 0.6 is 23.2 Å². The van der Waals surface area contributed by atoms with Crippen LogP contribution in [0, 0.1) is 0 Å². The van der Waals surface area contributed by atoms with E-state index in [0.717, 1.165) is 5.56 Å². The number of H-pyrrole nitrogens is 1. The Labute approximate surface area is 154 Å². The van der Waals surface area contributed by atoms with E-state index in [1.54, 1.807) is 30.6 Å². The first-order chi connectivity index (χ1) is 12.1. The van der Waals surface area contributed by atoms with Gasteiger partial charge >= 0.3 is 0 Å². The van der Waals surface area contributed by atoms with Crippen molar-refractivity contribution in [3.8, 4) is 0 Å². The first kappa shape index (κ1) is 17.2. The van der Waals surface area contributed by atoms with E-state index in [1.165, 1.54) is 12.3 Å². The van der Waals surface area contributed by atoms with Gasteiger partial charge < -0.3 is 10.3 Å². The average Bonchev–Trinajstić information content (AvgIpc) is 3.12. The topological polar surface area (TPSA) is 74.8 Å². The van der Waals surface area contributed by atoms with E-state index in [9.17, 15) is 9.59 Å². The SMILES string of the molecule is O=C(NCc1ccncc1)c1cc(C(=O)c2cccc(Cl)c2Cl)c[nH]1. The number of amides is 1. The Hall–Kier alpha value is -2.63. The number of nitrogens with one attached hydrogen (secondary N) is 2. The molecule has 0 radical (unpaired) electrons. The second-order valence-electron chi connectivity index (χ2n) is 5.27. The number of ketones is 1. The van der Waals surface area contributed by atoms with Crippen LogP contribution in [0.4, 0.5) is 0 Å². The molecule has 126 valence electrons. The van der Waals surface area contributed by atoms with Gasteiger partial charge in [0.1, 0.15) is 5.69 Å². The van der Waals surface area contributed by atoms with Crippen molar-refractivity contribution in [2.24, 2.45) is 0 Å². The summed E-state index contributed by atoms with van der Waals surface area (Å²) in [7, 11) is 0. The van der Waals surface area contributed by atoms with E-state index in [0.29, 0.717) is 17.1 Å². The molecule has 0 aliphatic rings. The Bertz CT molecular complexity index is 923. The molecule has 25 heavy (non-hydrogen) atoms. The van der Waals surface area contributed by atoms with Crippen molar-refractivity contribution in [2.45, 2.75) is 6.54 Å². The standard InChI is InChI=1S/C18H13Cl2N3O2/c19-14-3-1-2-13(16(14)20)17(24)12-8-15(22-10-12)18(25)23-9-11-4-6-21-7-5-11/h1-8,10,22H,9H2,(H,23,25). The van der Waals surface area contributed by atoms with E-state index < -0.39 is 0 Å². The Morgan fingerprint density at radius 1 is 1.12 bits per heavy atom. The summed E-state index contributed by atoms with van der Waals surface area (Å²) < 4.78 is 0. The van der Waals surface area contributed by atoms with Crippen molar-refractivity contribution < 1.29 is 9.59 Å². The molecule has 1 aromatic carbocycles. The van der Waals surface area contributed by atoms with Gasteiger partial charge in [0.2, 0.25) is 0 Å². The second-order valence-corrected chi connectivity index (χ2v) is 6.06. The normalized spacial score (nSPS) is 10.5. The van der Waals surface area contributed by atoms with Crippen molar-refractivity contribution in [1.82, 2.24) is 15.3 Å². The van der Waals surface area contributed by atoms with Crippen molar-refractivity contribution in [3.05, 3.63) is 87.4 Å². The predicted octanol–water partition coefficient (Wildman–Crippen LogP) is 3.88. The van der Waals surface area contributed by atoms with Crippen LogP contribution in [-0.2, 0) is 6.54 Å². The highest BCUT2D eigenvalue weighted by Gasteiger charge is 2.18. The summed E-state index contributed by atoms with van der Waals surface area (Å²) in [5.41, 5.74) is 1.84. The van der Waals surface area contributed by atoms with Crippen LogP contribution in [0.25, 0.3) is 0 Å². The Kier molecular flexibility index (Phi) is 5.16. The number of carbonyl (C=O) groups excluding carboxylic acids is 2. The maximum Gasteiger partial charge on any atom is 0.267 e. The highest BCUT2D eigenvalue weighted by atomic mass is 35.5. The van der Waals surface area contributed by atoms with Crippen LogP contribution in [0.15, 0.2) is 55.0 Å². The second kappa shape index (κ2) is 7.51. The molecule has 0 spiro atoms. The lowest BCUT2D eigenvalue weighted by molar-refractivity contribution is 0.0946. The Morgan fingerprint density at radius 2 is 1.88 bits per heavy atom. The monoisotopic (exact) mass is 373 g/mol. The number of benzene rings is 1. The quantitative estimate of drug-likeness (QED) is 0.666. The molecule has 0 fully saturated rings. The fourth-order valence-corrected chi connectivity index (χ4v) is 2.66. The highest BCUT2D eigenvalue weighted by molar-refractivity contribution is 6.44. The molecular formula is C18H13Cl2N3O2. The molecule has 3 rings (SSSR count). The lowest BCUT2D eigenvalue weighted by Gasteiger charge is -2.04. The zero-order chi connectivity index (χ0) is 17.8. The molecule has 2 N–H and O–H groups in total. The minimum Gasteiger partial charge on any atom is -0.356 e. The van der Waals surface area contributed by atoms with Crippen LogP contribution in [0.2, 0.25) is 10.0 Å². The van der Waals surface area contributed by atoms with Crippen molar-refractivity contribution in [2.75, 3.05) is 0 Å². The minimum atomic E-state index is -0.312. The molecule has 2 aromatic heterocycles. The van der Waals surface area contributed by atoms with Gasteiger partial charge in [-0.3, -0.25) is 14.6 Å². The molecule has 0 atom stereocenters. The zero-order valence-corrected chi connectivity index (χ0v) is 14.4. The first-order valence-corrected chi connectivity index (χ1v) is 8.16. The van der Waals surface area contributed by atoms with E-state index in [-0.39, 0.29) is 28.0 Å². The number of nitrogens with zero attached hydrogens (tertiary/aromatic N) is 1. The largest absolute Gasteiger partial charge is 0.356 e. The van der Waals surface area contributed by atoms with Crippen molar-refractivity contribution in [3.63, 3.8) is 0 Å². The van der Waals surface area contributed by atoms with Gasteiger partial charge in [0.05, 0.1) is 10.0 Å². The molecule has 0 saturated heterocycles. The third-order valence-electron chi connectivity index (χ3n) is 3.59. The summed E-state index contributed by atoms with van der Waals surface area (Å²) in [6.07, 6.45) is 4.78. The molecule has 2 heterocycles. The number of pyridine rings is 1. The number of hydrogen-bond donors (Lipinski definition) is 2. The summed E-state index contributed by atoms with van der Waals surface area (Å²) >= 11 is 12.0. The molecule has 7 heteroatoms. The summed E-state index contributed by atoms with van der Waals surface area (Å²) in [5.74, 6) is -0.620. The first-order valence-electron chi connectivity index (χ1n) is 7.40. The maximum absolute atomic E-state index is 12.5. The van der Waals surface area contributed by atoms with Crippen LogP contribution in [0.1, 0.15) is 32.0 Å². The van der Waals surface area contributed by atoms with E-state index in [1.807, 2.05) is 12.1 Å². The predicted molar refractivity (Wildman–Crippen MR) is 96.1 cm³/mol. The highest BCUT2D eigenvalue weighted by Crippen LogP contribution is 2.27. The van der Waals surface area contributed by atoms with Gasteiger partial charge in [0.25, 0.3) is 5.91 Å². The third-order valence-corrected chi connectivity index (χ3v) is 4.41. The average molecular weight is 374 g/mol.